The zero-order valence-corrected chi connectivity index (χ0v) is 8.76. The summed E-state index contributed by atoms with van der Waals surface area (Å²) in [4.78, 5) is 4.16. The first kappa shape index (κ1) is 10.8. The number of aromatic nitrogens is 2. The smallest absolute Gasteiger partial charge is 0.257 e. The average molecular weight is 219 g/mol. The molecule has 3 N–H and O–H groups in total. The Morgan fingerprint density at radius 2 is 2.00 bits per heavy atom. The molecule has 1 aromatic carbocycles. The molecule has 0 aliphatic heterocycles. The highest BCUT2D eigenvalue weighted by Crippen LogP contribution is 2.17. The van der Waals surface area contributed by atoms with Crippen LogP contribution in [0, 0.1) is 0 Å². The fourth-order valence-corrected chi connectivity index (χ4v) is 1.36. The number of hydrogen-bond acceptors (Lipinski definition) is 5. The van der Waals surface area contributed by atoms with Gasteiger partial charge in [0.05, 0.1) is 6.61 Å². The third-order valence-corrected chi connectivity index (χ3v) is 2.24. The molecule has 0 saturated carbocycles. The predicted octanol–water partition coefficient (Wildman–Crippen LogP) is 0.730. The van der Waals surface area contributed by atoms with Gasteiger partial charge in [0.25, 0.3) is 5.89 Å². The van der Waals surface area contributed by atoms with E-state index < -0.39 is 0 Å². The Morgan fingerprint density at radius 1 is 1.25 bits per heavy atom. The van der Waals surface area contributed by atoms with Crippen molar-refractivity contribution in [1.82, 2.24) is 10.1 Å². The summed E-state index contributed by atoms with van der Waals surface area (Å²) in [5.41, 5.74) is 7.41. The number of aliphatic hydroxyl groups is 1. The summed E-state index contributed by atoms with van der Waals surface area (Å²) in [5, 5.41) is 12.5. The molecule has 0 atom stereocenters. The maximum Gasteiger partial charge on any atom is 0.257 e. The lowest BCUT2D eigenvalue weighted by Crippen LogP contribution is -1.95. The molecular weight excluding hydrogens is 206 g/mol. The van der Waals surface area contributed by atoms with Crippen molar-refractivity contribution in [2.24, 2.45) is 5.73 Å². The van der Waals surface area contributed by atoms with Gasteiger partial charge < -0.3 is 15.4 Å². The van der Waals surface area contributed by atoms with Crippen molar-refractivity contribution in [2.45, 2.75) is 13.0 Å². The highest BCUT2D eigenvalue weighted by atomic mass is 16.5. The number of hydrogen-bond donors (Lipinski definition) is 2. The molecule has 5 heteroatoms. The van der Waals surface area contributed by atoms with E-state index in [-0.39, 0.29) is 6.61 Å². The molecule has 0 radical (unpaired) electrons. The molecule has 0 saturated heterocycles. The Balaban J connectivity index is 2.21. The second-order valence-electron chi connectivity index (χ2n) is 3.39. The van der Waals surface area contributed by atoms with Gasteiger partial charge in [-0.05, 0) is 17.7 Å². The van der Waals surface area contributed by atoms with Crippen molar-refractivity contribution >= 4 is 0 Å². The molecule has 2 rings (SSSR count). The third-order valence-electron chi connectivity index (χ3n) is 2.24. The molecule has 1 heterocycles. The van der Waals surface area contributed by atoms with Crippen LogP contribution in [-0.2, 0) is 13.0 Å². The molecule has 0 bridgehead atoms. The second kappa shape index (κ2) is 4.87. The van der Waals surface area contributed by atoms with Gasteiger partial charge in [0, 0.05) is 18.5 Å². The molecule has 16 heavy (non-hydrogen) atoms. The van der Waals surface area contributed by atoms with E-state index in [0.29, 0.717) is 24.7 Å². The van der Waals surface area contributed by atoms with Gasteiger partial charge >= 0.3 is 0 Å². The summed E-state index contributed by atoms with van der Waals surface area (Å²) >= 11 is 0. The highest BCUT2D eigenvalue weighted by Gasteiger charge is 2.07. The Hall–Kier alpha value is -1.72. The predicted molar refractivity (Wildman–Crippen MR) is 58.4 cm³/mol. The molecule has 1 aromatic heterocycles. The van der Waals surface area contributed by atoms with Crippen LogP contribution in [0.2, 0.25) is 0 Å². The van der Waals surface area contributed by atoms with Gasteiger partial charge in [-0.2, -0.15) is 4.98 Å². The molecule has 0 aliphatic carbocycles. The minimum atomic E-state index is 0.0189. The molecule has 2 aromatic rings. The molecule has 5 nitrogen and oxygen atoms in total. The first-order chi connectivity index (χ1) is 7.83. The van der Waals surface area contributed by atoms with Crippen molar-refractivity contribution in [3.63, 3.8) is 0 Å². The first-order valence-corrected chi connectivity index (χ1v) is 5.06. The number of nitrogens with zero attached hydrogens (tertiary/aromatic N) is 2. The third kappa shape index (κ3) is 2.26. The topological polar surface area (TPSA) is 85.2 Å². The van der Waals surface area contributed by atoms with Crippen LogP contribution in [0.3, 0.4) is 0 Å². The molecule has 0 unspecified atom stereocenters. The Kier molecular flexibility index (Phi) is 3.28. The van der Waals surface area contributed by atoms with Gasteiger partial charge in [-0.3, -0.25) is 0 Å². The van der Waals surface area contributed by atoms with Crippen molar-refractivity contribution < 1.29 is 9.63 Å². The van der Waals surface area contributed by atoms with Gasteiger partial charge in [-0.25, -0.2) is 0 Å². The van der Waals surface area contributed by atoms with E-state index in [1.807, 2.05) is 24.3 Å². The summed E-state index contributed by atoms with van der Waals surface area (Å²) in [6, 6.07) is 7.62. The molecule has 0 spiro atoms. The van der Waals surface area contributed by atoms with E-state index in [1.54, 1.807) is 0 Å². The lowest BCUT2D eigenvalue weighted by molar-refractivity contribution is 0.293. The van der Waals surface area contributed by atoms with Crippen LogP contribution in [-0.4, -0.2) is 21.9 Å². The summed E-state index contributed by atoms with van der Waals surface area (Å²) in [6.07, 6.45) is 0.407. The number of nitrogens with two attached hydrogens (primary N) is 1. The number of rotatable bonds is 4. The van der Waals surface area contributed by atoms with Crippen molar-refractivity contribution in [3.05, 3.63) is 35.7 Å². The van der Waals surface area contributed by atoms with Gasteiger partial charge in [0.1, 0.15) is 0 Å². The van der Waals surface area contributed by atoms with Crippen molar-refractivity contribution in [2.75, 3.05) is 6.61 Å². The van der Waals surface area contributed by atoms with Crippen LogP contribution >= 0.6 is 0 Å². The van der Waals surface area contributed by atoms with Crippen LogP contribution in [0.1, 0.15) is 11.4 Å². The lowest BCUT2D eigenvalue weighted by atomic mass is 10.1. The molecular formula is C11H13N3O2. The SMILES string of the molecule is NCc1ccc(-c2nc(CCO)no2)cc1. The van der Waals surface area contributed by atoms with E-state index >= 15 is 0 Å². The minimum absolute atomic E-state index is 0.0189. The van der Waals surface area contributed by atoms with Gasteiger partial charge in [0.15, 0.2) is 5.82 Å². The maximum absolute atomic E-state index is 8.73. The zero-order valence-electron chi connectivity index (χ0n) is 8.76. The zero-order chi connectivity index (χ0) is 11.4. The van der Waals surface area contributed by atoms with E-state index in [0.717, 1.165) is 11.1 Å². The average Bonchev–Trinajstić information content (AvgIpc) is 2.78. The Labute approximate surface area is 92.9 Å². The molecule has 84 valence electrons. The van der Waals surface area contributed by atoms with Crippen molar-refractivity contribution in [1.29, 1.82) is 0 Å². The summed E-state index contributed by atoms with van der Waals surface area (Å²) in [6.45, 7) is 0.533. The fourth-order valence-electron chi connectivity index (χ4n) is 1.36. The van der Waals surface area contributed by atoms with E-state index in [9.17, 15) is 0 Å². The normalized spacial score (nSPS) is 10.6. The maximum atomic E-state index is 8.73. The molecule has 0 amide bonds. The van der Waals surface area contributed by atoms with Crippen LogP contribution in [0.15, 0.2) is 28.8 Å². The van der Waals surface area contributed by atoms with Crippen molar-refractivity contribution in [3.8, 4) is 11.5 Å². The molecule has 0 aliphatic rings. The van der Waals surface area contributed by atoms with Gasteiger partial charge in [0.2, 0.25) is 0 Å². The van der Waals surface area contributed by atoms with E-state index in [1.165, 1.54) is 0 Å². The summed E-state index contributed by atoms with van der Waals surface area (Å²) in [7, 11) is 0. The number of benzene rings is 1. The van der Waals surface area contributed by atoms with E-state index in [2.05, 4.69) is 10.1 Å². The second-order valence-corrected chi connectivity index (χ2v) is 3.39. The minimum Gasteiger partial charge on any atom is -0.396 e. The first-order valence-electron chi connectivity index (χ1n) is 5.06. The summed E-state index contributed by atoms with van der Waals surface area (Å²) in [5.74, 6) is 0.979. The monoisotopic (exact) mass is 219 g/mol. The highest BCUT2D eigenvalue weighted by molar-refractivity contribution is 5.53. The lowest BCUT2D eigenvalue weighted by Gasteiger charge is -1.97. The quantitative estimate of drug-likeness (QED) is 0.791. The molecule has 0 fully saturated rings. The van der Waals surface area contributed by atoms with Gasteiger partial charge in [-0.1, -0.05) is 17.3 Å². The standard InChI is InChI=1S/C11H13N3O2/c12-7-8-1-3-9(4-2-8)11-13-10(5-6-15)14-16-11/h1-4,15H,5-7,12H2. The Bertz CT molecular complexity index is 451. The Morgan fingerprint density at radius 3 is 2.62 bits per heavy atom. The van der Waals surface area contributed by atoms with E-state index in [4.69, 9.17) is 15.4 Å². The fraction of sp³-hybridized carbons (Fsp3) is 0.273. The summed E-state index contributed by atoms with van der Waals surface area (Å²) < 4.78 is 5.07. The van der Waals surface area contributed by atoms with Crippen LogP contribution in [0.5, 0.6) is 0 Å². The van der Waals surface area contributed by atoms with Crippen LogP contribution in [0.25, 0.3) is 11.5 Å². The number of aliphatic hydroxyl groups excluding tert-OH is 1. The largest absolute Gasteiger partial charge is 0.396 e. The van der Waals surface area contributed by atoms with Crippen LogP contribution in [0.4, 0.5) is 0 Å². The van der Waals surface area contributed by atoms with Crippen LogP contribution < -0.4 is 5.73 Å². The van der Waals surface area contributed by atoms with Gasteiger partial charge in [-0.15, -0.1) is 0 Å².